The molecule has 0 saturated carbocycles. The van der Waals surface area contributed by atoms with Crippen LogP contribution in [0.2, 0.25) is 0 Å². The Morgan fingerprint density at radius 2 is 1.93 bits per heavy atom. The summed E-state index contributed by atoms with van der Waals surface area (Å²) in [6.45, 7) is 1.83. The van der Waals surface area contributed by atoms with E-state index in [2.05, 4.69) is 5.32 Å². The van der Waals surface area contributed by atoms with Gasteiger partial charge in [-0.05, 0) is 41.8 Å². The van der Waals surface area contributed by atoms with Crippen LogP contribution in [0.4, 0.5) is 4.79 Å². The number of phenols is 1. The lowest BCUT2D eigenvalue weighted by molar-refractivity contribution is 0.202. The van der Waals surface area contributed by atoms with Gasteiger partial charge in [0.25, 0.3) is 0 Å². The molecule has 1 aliphatic heterocycles. The van der Waals surface area contributed by atoms with Gasteiger partial charge in [0.1, 0.15) is 5.75 Å². The van der Waals surface area contributed by atoms with Crippen molar-refractivity contribution < 1.29 is 14.3 Å². The summed E-state index contributed by atoms with van der Waals surface area (Å²) in [5, 5.41) is 12.3. The Morgan fingerprint density at radius 1 is 1.14 bits per heavy atom. The molecule has 144 valence electrons. The molecule has 1 aromatic heterocycles. The Balaban J connectivity index is 1.33. The minimum atomic E-state index is -0.421. The molecule has 0 aliphatic carbocycles. The van der Waals surface area contributed by atoms with Gasteiger partial charge in [-0.3, -0.25) is 4.57 Å². The van der Waals surface area contributed by atoms with Gasteiger partial charge in [-0.15, -0.1) is 0 Å². The summed E-state index contributed by atoms with van der Waals surface area (Å²) in [5.74, 6) is -0.180. The van der Waals surface area contributed by atoms with Crippen LogP contribution in [-0.2, 0) is 6.54 Å². The number of carbonyl (C=O) groups is 1. The van der Waals surface area contributed by atoms with Crippen LogP contribution >= 0.6 is 0 Å². The molecular weight excluding hydrogens is 358 g/mol. The van der Waals surface area contributed by atoms with E-state index < -0.39 is 5.76 Å². The van der Waals surface area contributed by atoms with Crippen molar-refractivity contribution in [2.24, 2.45) is 0 Å². The Labute approximate surface area is 161 Å². The van der Waals surface area contributed by atoms with Crippen molar-refractivity contribution in [1.29, 1.82) is 0 Å². The monoisotopic (exact) mass is 379 g/mol. The van der Waals surface area contributed by atoms with E-state index in [4.69, 9.17) is 4.42 Å². The maximum Gasteiger partial charge on any atom is 0.420 e. The van der Waals surface area contributed by atoms with Crippen LogP contribution in [0.5, 0.6) is 5.75 Å². The molecule has 7 nitrogen and oxygen atoms in total. The molecule has 3 aromatic rings. The largest absolute Gasteiger partial charge is 0.508 e. The molecule has 0 atom stereocenters. The number of para-hydroxylation sites is 2. The van der Waals surface area contributed by atoms with Crippen LogP contribution in [0, 0.1) is 0 Å². The molecule has 7 heteroatoms. The van der Waals surface area contributed by atoms with Gasteiger partial charge < -0.3 is 19.7 Å². The summed E-state index contributed by atoms with van der Waals surface area (Å²) in [4.78, 5) is 26.1. The minimum Gasteiger partial charge on any atom is -0.508 e. The second-order valence-electron chi connectivity index (χ2n) is 6.69. The normalized spacial score (nSPS) is 14.1. The molecule has 0 saturated heterocycles. The van der Waals surface area contributed by atoms with E-state index in [-0.39, 0.29) is 11.8 Å². The van der Waals surface area contributed by atoms with Gasteiger partial charge in [-0.1, -0.05) is 30.3 Å². The number of urea groups is 1. The number of hydrogen-bond donors (Lipinski definition) is 2. The highest BCUT2D eigenvalue weighted by molar-refractivity contribution is 5.77. The molecule has 0 bridgehead atoms. The van der Waals surface area contributed by atoms with Crippen molar-refractivity contribution in [2.45, 2.75) is 13.0 Å². The molecule has 0 fully saturated rings. The summed E-state index contributed by atoms with van der Waals surface area (Å²) in [7, 11) is 0. The molecule has 28 heavy (non-hydrogen) atoms. The Bertz CT molecular complexity index is 1080. The first-order valence-corrected chi connectivity index (χ1v) is 9.21. The van der Waals surface area contributed by atoms with Crippen LogP contribution in [0.25, 0.3) is 16.7 Å². The van der Waals surface area contributed by atoms with Gasteiger partial charge in [0, 0.05) is 26.2 Å². The average Bonchev–Trinajstić information content (AvgIpc) is 3.04. The Morgan fingerprint density at radius 3 is 2.68 bits per heavy atom. The van der Waals surface area contributed by atoms with Gasteiger partial charge in [0.2, 0.25) is 0 Å². The van der Waals surface area contributed by atoms with Crippen LogP contribution in [0.1, 0.15) is 12.0 Å². The quantitative estimate of drug-likeness (QED) is 0.730. The molecule has 4 rings (SSSR count). The lowest BCUT2D eigenvalue weighted by atomic mass is 9.99. The first-order chi connectivity index (χ1) is 13.6. The molecule has 2 aromatic carbocycles. The minimum absolute atomic E-state index is 0.151. The summed E-state index contributed by atoms with van der Waals surface area (Å²) in [6, 6.07) is 14.2. The van der Waals surface area contributed by atoms with Crippen LogP contribution in [-0.4, -0.2) is 40.2 Å². The zero-order valence-corrected chi connectivity index (χ0v) is 15.3. The number of aromatic hydroxyl groups is 1. The Kier molecular flexibility index (Phi) is 4.89. The average molecular weight is 379 g/mol. The molecule has 1 aliphatic rings. The van der Waals surface area contributed by atoms with E-state index in [1.54, 1.807) is 23.1 Å². The van der Waals surface area contributed by atoms with Gasteiger partial charge >= 0.3 is 11.8 Å². The van der Waals surface area contributed by atoms with E-state index in [9.17, 15) is 14.7 Å². The molecule has 2 amide bonds. The zero-order chi connectivity index (χ0) is 19.5. The first kappa shape index (κ1) is 17.9. The number of amides is 2. The van der Waals surface area contributed by atoms with Crippen molar-refractivity contribution in [3.8, 4) is 5.75 Å². The van der Waals surface area contributed by atoms with E-state index in [0.29, 0.717) is 31.8 Å². The number of fused-ring (bicyclic) bond motifs is 1. The van der Waals surface area contributed by atoms with Crippen molar-refractivity contribution in [1.82, 2.24) is 14.8 Å². The summed E-state index contributed by atoms with van der Waals surface area (Å²) in [6.07, 6.45) is 2.79. The number of nitrogens with zero attached hydrogens (tertiary/aromatic N) is 2. The fourth-order valence-electron chi connectivity index (χ4n) is 3.40. The standard InChI is InChI=1S/C21H21N3O4/c25-17-7-5-15(6-8-17)16-9-12-23(13-10-16)20(26)22-11-14-24-18-3-1-2-4-19(18)28-21(24)27/h1-9,25H,10-14H2,(H,22,26). The predicted molar refractivity (Wildman–Crippen MR) is 106 cm³/mol. The number of aromatic nitrogens is 1. The number of rotatable bonds is 4. The van der Waals surface area contributed by atoms with E-state index in [1.807, 2.05) is 36.4 Å². The number of phenolic OH excluding ortho intramolecular Hbond substituents is 1. The SMILES string of the molecule is O=C(NCCn1c(=O)oc2ccccc21)N1CC=C(c2ccc(O)cc2)CC1. The number of benzene rings is 2. The first-order valence-electron chi connectivity index (χ1n) is 9.21. The zero-order valence-electron chi connectivity index (χ0n) is 15.3. The number of hydrogen-bond acceptors (Lipinski definition) is 4. The smallest absolute Gasteiger partial charge is 0.420 e. The topological polar surface area (TPSA) is 87.7 Å². The molecule has 0 spiro atoms. The van der Waals surface area contributed by atoms with Crippen LogP contribution < -0.4 is 11.1 Å². The second-order valence-corrected chi connectivity index (χ2v) is 6.69. The van der Waals surface area contributed by atoms with Crippen molar-refractivity contribution in [2.75, 3.05) is 19.6 Å². The van der Waals surface area contributed by atoms with Crippen molar-refractivity contribution in [3.05, 3.63) is 70.7 Å². The van der Waals surface area contributed by atoms with E-state index >= 15 is 0 Å². The lowest BCUT2D eigenvalue weighted by Gasteiger charge is -2.27. The van der Waals surface area contributed by atoms with Crippen LogP contribution in [0.3, 0.4) is 0 Å². The third-order valence-electron chi connectivity index (χ3n) is 4.92. The molecule has 2 N–H and O–H groups in total. The maximum absolute atomic E-state index is 12.4. The molecular formula is C21H21N3O4. The maximum atomic E-state index is 12.4. The summed E-state index contributed by atoms with van der Waals surface area (Å²) in [5.41, 5.74) is 3.49. The fraction of sp³-hybridized carbons (Fsp3) is 0.238. The van der Waals surface area contributed by atoms with Crippen LogP contribution in [0.15, 0.2) is 63.8 Å². The molecule has 0 unspecified atom stereocenters. The summed E-state index contributed by atoms with van der Waals surface area (Å²) < 4.78 is 6.72. The molecule has 2 heterocycles. The number of carbonyl (C=O) groups excluding carboxylic acids is 1. The summed E-state index contributed by atoms with van der Waals surface area (Å²) >= 11 is 0. The van der Waals surface area contributed by atoms with Gasteiger partial charge in [0.15, 0.2) is 5.58 Å². The van der Waals surface area contributed by atoms with Crippen molar-refractivity contribution >= 4 is 22.7 Å². The Hall–Kier alpha value is -3.48. The van der Waals surface area contributed by atoms with E-state index in [1.165, 1.54) is 10.1 Å². The lowest BCUT2D eigenvalue weighted by Crippen LogP contribution is -2.43. The fourth-order valence-corrected chi connectivity index (χ4v) is 3.40. The highest BCUT2D eigenvalue weighted by Crippen LogP contribution is 2.24. The van der Waals surface area contributed by atoms with Crippen molar-refractivity contribution in [3.63, 3.8) is 0 Å². The third kappa shape index (κ3) is 3.64. The third-order valence-corrected chi connectivity index (χ3v) is 4.92. The van der Waals surface area contributed by atoms with Gasteiger partial charge in [-0.2, -0.15) is 0 Å². The highest BCUT2D eigenvalue weighted by atomic mass is 16.4. The van der Waals surface area contributed by atoms with Gasteiger partial charge in [-0.25, -0.2) is 9.59 Å². The predicted octanol–water partition coefficient (Wildman–Crippen LogP) is 2.80. The number of nitrogens with one attached hydrogen (secondary N) is 1. The van der Waals surface area contributed by atoms with Gasteiger partial charge in [0.05, 0.1) is 5.52 Å². The van der Waals surface area contributed by atoms with E-state index in [0.717, 1.165) is 17.5 Å². The second kappa shape index (κ2) is 7.64. The molecule has 0 radical (unpaired) electrons. The highest BCUT2D eigenvalue weighted by Gasteiger charge is 2.18. The number of oxazole rings is 1.